The Kier molecular flexibility index (Phi) is 4.42. The van der Waals surface area contributed by atoms with Crippen molar-refractivity contribution in [2.24, 2.45) is 0 Å². The first kappa shape index (κ1) is 17.8. The maximum Gasteiger partial charge on any atom is 0.488 e. The first-order chi connectivity index (χ1) is 8.00. The summed E-state index contributed by atoms with van der Waals surface area (Å²) in [5, 5.41) is 0. The minimum atomic E-state index is -6.82. The highest BCUT2D eigenvalue weighted by atomic mass is 32.3. The van der Waals surface area contributed by atoms with E-state index in [0.29, 0.717) is 0 Å². The SMILES string of the molecule is O=S(=O)(F)O/C(=C(/F)C(F)(F)C(F)(F)F)C(F)(F)F. The molecule has 14 heteroatoms. The van der Waals surface area contributed by atoms with Crippen molar-refractivity contribution in [1.82, 2.24) is 0 Å². The largest absolute Gasteiger partial charge is 0.488 e. The highest BCUT2D eigenvalue weighted by molar-refractivity contribution is 7.81. The van der Waals surface area contributed by atoms with Crippen LogP contribution >= 0.6 is 0 Å². The van der Waals surface area contributed by atoms with Crippen LogP contribution in [0.15, 0.2) is 11.6 Å². The Labute approximate surface area is 97.4 Å². The molecule has 0 aromatic carbocycles. The van der Waals surface area contributed by atoms with Crippen LogP contribution in [0.2, 0.25) is 0 Å². The molecule has 0 amide bonds. The van der Waals surface area contributed by atoms with Crippen LogP contribution in [0.25, 0.3) is 0 Å². The van der Waals surface area contributed by atoms with E-state index in [1.807, 2.05) is 0 Å². The van der Waals surface area contributed by atoms with Gasteiger partial charge in [0.05, 0.1) is 0 Å². The Morgan fingerprint density at radius 3 is 1.47 bits per heavy atom. The van der Waals surface area contributed by atoms with Crippen LogP contribution in [-0.4, -0.2) is 26.7 Å². The van der Waals surface area contributed by atoms with Gasteiger partial charge in [-0.2, -0.15) is 43.5 Å². The van der Waals surface area contributed by atoms with E-state index in [2.05, 4.69) is 4.18 Å². The topological polar surface area (TPSA) is 43.4 Å². The number of alkyl halides is 8. The fourth-order valence-corrected chi connectivity index (χ4v) is 0.942. The lowest BCUT2D eigenvalue weighted by atomic mass is 10.2. The summed E-state index contributed by atoms with van der Waals surface area (Å²) < 4.78 is 140. The molecule has 0 saturated heterocycles. The quantitative estimate of drug-likeness (QED) is 0.454. The normalized spacial score (nSPS) is 16.1. The fourth-order valence-electron chi connectivity index (χ4n) is 0.575. The van der Waals surface area contributed by atoms with E-state index in [0.717, 1.165) is 0 Å². The van der Waals surface area contributed by atoms with Crippen LogP contribution in [0, 0.1) is 0 Å². The van der Waals surface area contributed by atoms with Crippen LogP contribution in [0.3, 0.4) is 0 Å². The van der Waals surface area contributed by atoms with Gasteiger partial charge in [-0.1, -0.05) is 3.89 Å². The van der Waals surface area contributed by atoms with Crippen molar-refractivity contribution in [1.29, 1.82) is 0 Å². The molecule has 0 aromatic rings. The molecule has 0 spiro atoms. The molecule has 0 aliphatic carbocycles. The molecule has 0 bridgehead atoms. The van der Waals surface area contributed by atoms with Gasteiger partial charge in [-0.05, 0) is 0 Å². The number of allylic oxidation sites excluding steroid dienone is 2. The third-order valence-electron chi connectivity index (χ3n) is 1.27. The van der Waals surface area contributed by atoms with E-state index >= 15 is 0 Å². The Bertz CT molecular complexity index is 468. The molecular formula is C5F10O3S. The predicted octanol–water partition coefficient (Wildman–Crippen LogP) is 3.16. The summed E-state index contributed by atoms with van der Waals surface area (Å²) in [7, 11) is -6.68. The maximum absolute atomic E-state index is 12.5. The molecule has 3 nitrogen and oxygen atoms in total. The lowest BCUT2D eigenvalue weighted by Crippen LogP contribution is -2.39. The highest BCUT2D eigenvalue weighted by Crippen LogP contribution is 2.46. The summed E-state index contributed by atoms with van der Waals surface area (Å²) in [4.78, 5) is 0. The van der Waals surface area contributed by atoms with Crippen molar-refractivity contribution in [2.45, 2.75) is 18.3 Å². The van der Waals surface area contributed by atoms with Crippen LogP contribution in [0.5, 0.6) is 0 Å². The van der Waals surface area contributed by atoms with E-state index in [-0.39, 0.29) is 0 Å². The zero-order valence-electron chi connectivity index (χ0n) is 7.91. The van der Waals surface area contributed by atoms with Crippen LogP contribution in [-0.2, 0) is 14.7 Å². The van der Waals surface area contributed by atoms with Crippen molar-refractivity contribution >= 4 is 10.5 Å². The summed E-state index contributed by atoms with van der Waals surface area (Å²) in [6, 6.07) is 0. The molecular weight excluding hydrogens is 330 g/mol. The molecule has 114 valence electrons. The Balaban J connectivity index is 6.05. The lowest BCUT2D eigenvalue weighted by molar-refractivity contribution is -0.273. The molecule has 0 fully saturated rings. The first-order valence-corrected chi connectivity index (χ1v) is 4.87. The summed E-state index contributed by atoms with van der Waals surface area (Å²) in [6.07, 6.45) is -13.3. The average molecular weight is 330 g/mol. The summed E-state index contributed by atoms with van der Waals surface area (Å²) >= 11 is 0. The molecule has 0 saturated carbocycles. The van der Waals surface area contributed by atoms with Crippen molar-refractivity contribution < 1.29 is 56.0 Å². The molecule has 0 unspecified atom stereocenters. The highest BCUT2D eigenvalue weighted by Gasteiger charge is 2.65. The second kappa shape index (κ2) is 4.72. The number of hydrogen-bond donors (Lipinski definition) is 0. The van der Waals surface area contributed by atoms with Crippen molar-refractivity contribution in [2.75, 3.05) is 0 Å². The molecule has 0 aliphatic rings. The summed E-state index contributed by atoms with van der Waals surface area (Å²) in [5.74, 6) is -15.0. The second-order valence-electron chi connectivity index (χ2n) is 2.69. The third-order valence-corrected chi connectivity index (χ3v) is 1.64. The molecule has 0 heterocycles. The molecule has 0 aromatic heterocycles. The maximum atomic E-state index is 12.5. The van der Waals surface area contributed by atoms with E-state index in [9.17, 15) is 51.8 Å². The second-order valence-corrected chi connectivity index (χ2v) is 3.64. The zero-order valence-corrected chi connectivity index (χ0v) is 8.73. The molecule has 0 radical (unpaired) electrons. The molecule has 0 rings (SSSR count). The molecule has 0 aliphatic heterocycles. The number of halogens is 10. The van der Waals surface area contributed by atoms with Gasteiger partial charge in [0.2, 0.25) is 5.83 Å². The van der Waals surface area contributed by atoms with Gasteiger partial charge in [0.25, 0.3) is 5.76 Å². The molecule has 19 heavy (non-hydrogen) atoms. The molecule has 0 atom stereocenters. The predicted molar refractivity (Wildman–Crippen MR) is 36.3 cm³/mol. The van der Waals surface area contributed by atoms with E-state index in [1.165, 1.54) is 0 Å². The van der Waals surface area contributed by atoms with Gasteiger partial charge in [-0.3, -0.25) is 0 Å². The third kappa shape index (κ3) is 4.43. The number of rotatable bonds is 3. The minimum Gasteiger partial charge on any atom is -0.350 e. The summed E-state index contributed by atoms with van der Waals surface area (Å²) in [6.45, 7) is 0. The van der Waals surface area contributed by atoms with Gasteiger partial charge in [0, 0.05) is 0 Å². The van der Waals surface area contributed by atoms with Crippen LogP contribution in [0.4, 0.5) is 43.4 Å². The van der Waals surface area contributed by atoms with Gasteiger partial charge in [0.1, 0.15) is 0 Å². The smallest absolute Gasteiger partial charge is 0.350 e. The average Bonchev–Trinajstić information content (AvgIpc) is 2.07. The van der Waals surface area contributed by atoms with Gasteiger partial charge in [-0.25, -0.2) is 4.39 Å². The van der Waals surface area contributed by atoms with Crippen molar-refractivity contribution in [3.63, 3.8) is 0 Å². The summed E-state index contributed by atoms with van der Waals surface area (Å²) in [5.41, 5.74) is 0. The standard InChI is InChI=1S/C5F10O3S/c6-1(3(7,8)5(12,13)14)2(4(9,10)11)18-19(15,16)17/b2-1+. The monoisotopic (exact) mass is 330 g/mol. The molecule has 0 N–H and O–H groups in total. The van der Waals surface area contributed by atoms with Crippen molar-refractivity contribution in [3.8, 4) is 0 Å². The van der Waals surface area contributed by atoms with Crippen LogP contribution in [0.1, 0.15) is 0 Å². The number of hydrogen-bond acceptors (Lipinski definition) is 3. The Morgan fingerprint density at radius 2 is 1.26 bits per heavy atom. The fraction of sp³-hybridized carbons (Fsp3) is 0.600. The van der Waals surface area contributed by atoms with E-state index in [4.69, 9.17) is 0 Å². The van der Waals surface area contributed by atoms with Gasteiger partial charge in [0.15, 0.2) is 0 Å². The van der Waals surface area contributed by atoms with Crippen molar-refractivity contribution in [3.05, 3.63) is 11.6 Å². The first-order valence-electron chi connectivity index (χ1n) is 3.56. The zero-order chi connectivity index (χ0) is 15.9. The Morgan fingerprint density at radius 1 is 0.895 bits per heavy atom. The Hall–Kier alpha value is -1.21. The van der Waals surface area contributed by atoms with Gasteiger partial charge >= 0.3 is 28.8 Å². The van der Waals surface area contributed by atoms with Gasteiger partial charge < -0.3 is 4.18 Å². The van der Waals surface area contributed by atoms with E-state index < -0.39 is 40.4 Å². The lowest BCUT2D eigenvalue weighted by Gasteiger charge is -2.20. The van der Waals surface area contributed by atoms with E-state index in [1.54, 1.807) is 0 Å². The minimum absolute atomic E-state index is 2.15. The van der Waals surface area contributed by atoms with Gasteiger partial charge in [-0.15, -0.1) is 0 Å². The van der Waals surface area contributed by atoms with Crippen LogP contribution < -0.4 is 0 Å².